The Hall–Kier alpha value is -2.41. The maximum atomic E-state index is 12.6. The zero-order valence-corrected chi connectivity index (χ0v) is 16.1. The molecule has 1 aromatic rings. The highest BCUT2D eigenvalue weighted by Crippen LogP contribution is 2.27. The lowest BCUT2D eigenvalue weighted by Crippen LogP contribution is -2.33. The van der Waals surface area contributed by atoms with E-state index < -0.39 is 5.97 Å². The van der Waals surface area contributed by atoms with Gasteiger partial charge in [0.1, 0.15) is 12.2 Å². The van der Waals surface area contributed by atoms with Crippen molar-refractivity contribution in [2.24, 2.45) is 0 Å². The van der Waals surface area contributed by atoms with Gasteiger partial charge in [0.2, 0.25) is 0 Å². The number of hydrogen-bond donors (Lipinski definition) is 0. The maximum absolute atomic E-state index is 12.6. The molecule has 7 heteroatoms. The van der Waals surface area contributed by atoms with Crippen LogP contribution >= 0.6 is 12.2 Å². The van der Waals surface area contributed by atoms with Gasteiger partial charge in [0.25, 0.3) is 5.91 Å². The van der Waals surface area contributed by atoms with Crippen molar-refractivity contribution in [2.45, 2.75) is 19.8 Å². The van der Waals surface area contributed by atoms with Gasteiger partial charge in [-0.3, -0.25) is 14.5 Å². The Morgan fingerprint density at radius 2 is 2.00 bits per heavy atom. The van der Waals surface area contributed by atoms with Gasteiger partial charge in [-0.25, -0.2) is 0 Å². The Morgan fingerprint density at radius 1 is 1.31 bits per heavy atom. The van der Waals surface area contributed by atoms with Crippen molar-refractivity contribution >= 4 is 41.0 Å². The van der Waals surface area contributed by atoms with Gasteiger partial charge in [0.15, 0.2) is 5.11 Å². The van der Waals surface area contributed by atoms with Crippen molar-refractivity contribution in [1.29, 1.82) is 0 Å². The van der Waals surface area contributed by atoms with E-state index in [9.17, 15) is 9.59 Å². The van der Waals surface area contributed by atoms with E-state index in [1.165, 1.54) is 35.4 Å². The van der Waals surface area contributed by atoms with Crippen LogP contribution in [0.4, 0.5) is 5.69 Å². The van der Waals surface area contributed by atoms with Gasteiger partial charge >= 0.3 is 5.97 Å². The zero-order chi connectivity index (χ0) is 18.8. The molecule has 0 aromatic heterocycles. The monoisotopic (exact) mass is 373 g/mol. The number of thiocarbonyl (C=S) groups is 1. The summed E-state index contributed by atoms with van der Waals surface area (Å²) in [5, 5.41) is 0.304. The number of amides is 1. The molecule has 1 amide bonds. The van der Waals surface area contributed by atoms with Crippen LogP contribution in [0.25, 0.3) is 6.08 Å². The second kappa shape index (κ2) is 7.45. The van der Waals surface area contributed by atoms with Crippen molar-refractivity contribution in [1.82, 2.24) is 9.80 Å². The van der Waals surface area contributed by atoms with Crippen molar-refractivity contribution in [2.75, 3.05) is 38.7 Å². The number of anilines is 1. The van der Waals surface area contributed by atoms with E-state index in [-0.39, 0.29) is 12.5 Å². The van der Waals surface area contributed by atoms with Crippen LogP contribution in [-0.4, -0.2) is 60.6 Å². The summed E-state index contributed by atoms with van der Waals surface area (Å²) in [6.07, 6.45) is 4.25. The SMILES string of the molecule is COC(=O)CN1C(=S)N(C)C(=O)/C1=C/c1ccc(N2CCCC2)cc1C. The summed E-state index contributed by atoms with van der Waals surface area (Å²) in [6.45, 7) is 4.12. The van der Waals surface area contributed by atoms with Crippen LogP contribution < -0.4 is 4.90 Å². The fourth-order valence-corrected chi connectivity index (χ4v) is 3.53. The third-order valence-electron chi connectivity index (χ3n) is 4.86. The smallest absolute Gasteiger partial charge is 0.325 e. The Balaban J connectivity index is 1.92. The van der Waals surface area contributed by atoms with Crippen LogP contribution in [0.15, 0.2) is 23.9 Å². The van der Waals surface area contributed by atoms with Gasteiger partial charge in [-0.05, 0) is 61.3 Å². The molecule has 2 aliphatic heterocycles. The van der Waals surface area contributed by atoms with Crippen molar-refractivity contribution in [3.63, 3.8) is 0 Å². The Bertz CT molecular complexity index is 784. The average molecular weight is 373 g/mol. The second-order valence-electron chi connectivity index (χ2n) is 6.57. The number of hydrogen-bond acceptors (Lipinski definition) is 5. The van der Waals surface area contributed by atoms with E-state index in [0.717, 1.165) is 24.2 Å². The van der Waals surface area contributed by atoms with Crippen LogP contribution in [0.5, 0.6) is 0 Å². The van der Waals surface area contributed by atoms with Gasteiger partial charge in [0, 0.05) is 25.8 Å². The summed E-state index contributed by atoms with van der Waals surface area (Å²) in [6, 6.07) is 6.24. The number of esters is 1. The molecule has 3 rings (SSSR count). The quantitative estimate of drug-likeness (QED) is 0.458. The van der Waals surface area contributed by atoms with Crippen LogP contribution in [0.2, 0.25) is 0 Å². The molecular formula is C19H23N3O3S. The third kappa shape index (κ3) is 3.44. The zero-order valence-electron chi connectivity index (χ0n) is 15.3. The van der Waals surface area contributed by atoms with E-state index in [1.54, 1.807) is 13.1 Å². The predicted octanol–water partition coefficient (Wildman–Crippen LogP) is 2.17. The summed E-state index contributed by atoms with van der Waals surface area (Å²) in [7, 11) is 2.93. The minimum Gasteiger partial charge on any atom is -0.468 e. The van der Waals surface area contributed by atoms with Crippen LogP contribution in [0.3, 0.4) is 0 Å². The fraction of sp³-hybridized carbons (Fsp3) is 0.421. The topological polar surface area (TPSA) is 53.1 Å². The molecule has 1 aromatic carbocycles. The first-order valence-electron chi connectivity index (χ1n) is 8.66. The summed E-state index contributed by atoms with van der Waals surface area (Å²) < 4.78 is 4.72. The number of likely N-dealkylation sites (N-methyl/N-ethyl adjacent to an activating group) is 1. The maximum Gasteiger partial charge on any atom is 0.325 e. The van der Waals surface area contributed by atoms with Gasteiger partial charge in [-0.1, -0.05) is 6.07 Å². The third-order valence-corrected chi connectivity index (χ3v) is 5.36. The lowest BCUT2D eigenvalue weighted by atomic mass is 10.1. The number of carbonyl (C=O) groups is 2. The van der Waals surface area contributed by atoms with E-state index in [1.807, 2.05) is 13.0 Å². The van der Waals surface area contributed by atoms with Gasteiger partial charge in [-0.2, -0.15) is 0 Å². The predicted molar refractivity (Wildman–Crippen MR) is 105 cm³/mol. The molecular weight excluding hydrogens is 350 g/mol. The summed E-state index contributed by atoms with van der Waals surface area (Å²) in [5.41, 5.74) is 3.61. The lowest BCUT2D eigenvalue weighted by Gasteiger charge is -2.19. The number of ether oxygens (including phenoxy) is 1. The van der Waals surface area contributed by atoms with Gasteiger partial charge in [-0.15, -0.1) is 0 Å². The molecule has 0 unspecified atom stereocenters. The molecule has 0 atom stereocenters. The molecule has 0 saturated carbocycles. The van der Waals surface area contributed by atoms with Gasteiger partial charge in [0.05, 0.1) is 7.11 Å². The molecule has 2 saturated heterocycles. The molecule has 0 spiro atoms. The van der Waals surface area contributed by atoms with Crippen molar-refractivity contribution < 1.29 is 14.3 Å². The minimum atomic E-state index is -0.442. The number of aryl methyl sites for hydroxylation is 1. The first kappa shape index (κ1) is 18.4. The Labute approximate surface area is 159 Å². The highest BCUT2D eigenvalue weighted by Gasteiger charge is 2.36. The minimum absolute atomic E-state index is 0.0812. The highest BCUT2D eigenvalue weighted by molar-refractivity contribution is 7.80. The Kier molecular flexibility index (Phi) is 5.27. The number of carbonyl (C=O) groups excluding carboxylic acids is 2. The number of nitrogens with zero attached hydrogens (tertiary/aromatic N) is 3. The highest BCUT2D eigenvalue weighted by atomic mass is 32.1. The normalized spacial score (nSPS) is 19.0. The molecule has 2 fully saturated rings. The fourth-order valence-electron chi connectivity index (χ4n) is 3.29. The molecule has 2 heterocycles. The molecule has 0 N–H and O–H groups in total. The van der Waals surface area contributed by atoms with Gasteiger partial charge < -0.3 is 14.5 Å². The number of methoxy groups -OCH3 is 1. The molecule has 6 nitrogen and oxygen atoms in total. The van der Waals surface area contributed by atoms with E-state index in [0.29, 0.717) is 10.8 Å². The first-order valence-corrected chi connectivity index (χ1v) is 9.07. The average Bonchev–Trinajstić information content (AvgIpc) is 3.23. The van der Waals surface area contributed by atoms with Crippen LogP contribution in [0.1, 0.15) is 24.0 Å². The van der Waals surface area contributed by atoms with E-state index in [2.05, 4.69) is 17.0 Å². The van der Waals surface area contributed by atoms with Crippen molar-refractivity contribution in [3.05, 3.63) is 35.0 Å². The molecule has 138 valence electrons. The summed E-state index contributed by atoms with van der Waals surface area (Å²) in [4.78, 5) is 29.5. The molecule has 0 bridgehead atoms. The van der Waals surface area contributed by atoms with Crippen LogP contribution in [-0.2, 0) is 14.3 Å². The summed E-state index contributed by atoms with van der Waals surface area (Å²) >= 11 is 5.30. The molecule has 0 aliphatic carbocycles. The van der Waals surface area contributed by atoms with Crippen molar-refractivity contribution in [3.8, 4) is 0 Å². The number of rotatable bonds is 4. The second-order valence-corrected chi connectivity index (χ2v) is 6.94. The largest absolute Gasteiger partial charge is 0.468 e. The van der Waals surface area contributed by atoms with Crippen LogP contribution in [0, 0.1) is 6.92 Å². The summed E-state index contributed by atoms with van der Waals surface area (Å²) in [5.74, 6) is -0.663. The first-order chi connectivity index (χ1) is 12.4. The standard InChI is InChI=1S/C19H23N3O3S/c1-13-10-15(21-8-4-5-9-21)7-6-14(13)11-16-18(24)20(2)19(26)22(16)12-17(23)25-3/h6-7,10-11H,4-5,8-9,12H2,1-3H3/b16-11-. The molecule has 2 aliphatic rings. The lowest BCUT2D eigenvalue weighted by molar-refractivity contribution is -0.140. The molecule has 26 heavy (non-hydrogen) atoms. The number of benzene rings is 1. The molecule has 0 radical (unpaired) electrons. The van der Waals surface area contributed by atoms with E-state index in [4.69, 9.17) is 17.0 Å². The van der Waals surface area contributed by atoms with E-state index >= 15 is 0 Å². The Morgan fingerprint density at radius 3 is 2.62 bits per heavy atom.